The Morgan fingerprint density at radius 1 is 1.00 bits per heavy atom. The quantitative estimate of drug-likeness (QED) is 0.798. The fraction of sp³-hybridized carbons (Fsp3) is 0.211. The van der Waals surface area contributed by atoms with E-state index in [-0.39, 0.29) is 0 Å². The number of nitrogens with one attached hydrogen (secondary N) is 1. The third kappa shape index (κ3) is 2.97. The summed E-state index contributed by atoms with van der Waals surface area (Å²) in [6.07, 6.45) is 0. The van der Waals surface area contributed by atoms with Gasteiger partial charge in [0.25, 0.3) is 0 Å². The number of morpholine rings is 1. The molecule has 0 saturated carbocycles. The Morgan fingerprint density at radius 2 is 1.80 bits per heavy atom. The van der Waals surface area contributed by atoms with E-state index < -0.39 is 0 Å². The Morgan fingerprint density at radius 3 is 2.64 bits per heavy atom. The molecule has 3 aromatic rings. The summed E-state index contributed by atoms with van der Waals surface area (Å²) in [6.45, 7) is 3.27. The van der Waals surface area contributed by atoms with Gasteiger partial charge < -0.3 is 9.64 Å². The van der Waals surface area contributed by atoms with Gasteiger partial charge in [0.15, 0.2) is 5.69 Å². The molecule has 6 heteroatoms. The molecule has 1 aromatic heterocycles. The first kappa shape index (κ1) is 15.4. The minimum absolute atomic E-state index is 0.304. The zero-order valence-corrected chi connectivity index (χ0v) is 13.6. The Hall–Kier alpha value is -3.17. The van der Waals surface area contributed by atoms with Crippen LogP contribution < -0.4 is 4.90 Å². The van der Waals surface area contributed by atoms with Crippen LogP contribution in [0.1, 0.15) is 5.69 Å². The lowest BCUT2D eigenvalue weighted by molar-refractivity contribution is 0.123. The maximum absolute atomic E-state index is 9.18. The summed E-state index contributed by atoms with van der Waals surface area (Å²) >= 11 is 0. The number of H-pyrrole nitrogens is 1. The van der Waals surface area contributed by atoms with Crippen LogP contribution in [0.15, 0.2) is 48.5 Å². The van der Waals surface area contributed by atoms with Crippen LogP contribution in [0.4, 0.5) is 5.69 Å². The van der Waals surface area contributed by atoms with Crippen molar-refractivity contribution in [3.05, 3.63) is 54.2 Å². The van der Waals surface area contributed by atoms with Crippen LogP contribution in [-0.4, -0.2) is 41.7 Å². The van der Waals surface area contributed by atoms with Crippen LogP contribution in [0.25, 0.3) is 22.4 Å². The largest absolute Gasteiger partial charge is 0.378 e. The molecule has 2 heterocycles. The summed E-state index contributed by atoms with van der Waals surface area (Å²) in [4.78, 5) is 2.35. The number of para-hydroxylation sites is 1. The average molecular weight is 331 g/mol. The fourth-order valence-corrected chi connectivity index (χ4v) is 3.14. The maximum atomic E-state index is 9.18. The van der Waals surface area contributed by atoms with Crippen molar-refractivity contribution in [1.82, 2.24) is 15.4 Å². The van der Waals surface area contributed by atoms with E-state index in [0.29, 0.717) is 11.4 Å². The predicted molar refractivity (Wildman–Crippen MR) is 95.0 cm³/mol. The van der Waals surface area contributed by atoms with Crippen LogP contribution in [-0.2, 0) is 4.74 Å². The van der Waals surface area contributed by atoms with Crippen molar-refractivity contribution in [2.75, 3.05) is 31.2 Å². The molecule has 1 aliphatic heterocycles. The number of ether oxygens (including phenoxy) is 1. The predicted octanol–water partition coefficient (Wildman–Crippen LogP) is 2.85. The minimum atomic E-state index is 0.304. The van der Waals surface area contributed by atoms with Crippen molar-refractivity contribution in [2.24, 2.45) is 0 Å². The van der Waals surface area contributed by atoms with Gasteiger partial charge in [0.1, 0.15) is 11.8 Å². The van der Waals surface area contributed by atoms with E-state index in [0.717, 1.165) is 43.0 Å². The van der Waals surface area contributed by atoms with Crippen molar-refractivity contribution in [3.8, 4) is 28.5 Å². The zero-order valence-electron chi connectivity index (χ0n) is 13.6. The zero-order chi connectivity index (χ0) is 17.1. The van der Waals surface area contributed by atoms with Crippen LogP contribution >= 0.6 is 0 Å². The van der Waals surface area contributed by atoms with Gasteiger partial charge >= 0.3 is 0 Å². The van der Waals surface area contributed by atoms with E-state index in [9.17, 15) is 5.26 Å². The number of hydrogen-bond acceptors (Lipinski definition) is 5. The molecule has 0 aliphatic carbocycles. The van der Waals surface area contributed by atoms with Crippen LogP contribution in [0, 0.1) is 11.3 Å². The molecule has 25 heavy (non-hydrogen) atoms. The molecule has 0 amide bonds. The molecule has 4 rings (SSSR count). The second kappa shape index (κ2) is 6.75. The smallest absolute Gasteiger partial charge is 0.190 e. The van der Waals surface area contributed by atoms with Gasteiger partial charge in [-0.15, -0.1) is 5.10 Å². The molecule has 0 unspecified atom stereocenters. The topological polar surface area (TPSA) is 77.8 Å². The van der Waals surface area contributed by atoms with Crippen molar-refractivity contribution in [2.45, 2.75) is 0 Å². The first-order chi connectivity index (χ1) is 12.4. The Kier molecular flexibility index (Phi) is 4.15. The minimum Gasteiger partial charge on any atom is -0.378 e. The Balaban J connectivity index is 1.76. The van der Waals surface area contributed by atoms with Gasteiger partial charge in [0.2, 0.25) is 0 Å². The lowest BCUT2D eigenvalue weighted by Crippen LogP contribution is -2.36. The summed E-state index contributed by atoms with van der Waals surface area (Å²) in [5.74, 6) is 0. The molecule has 0 bridgehead atoms. The van der Waals surface area contributed by atoms with Gasteiger partial charge in [-0.3, -0.25) is 0 Å². The standard InChI is InChI=1S/C19H17N5O/c20-13-17-19(22-23-21-17)15-5-3-4-14(12-15)16-6-1-2-7-18(16)24-8-10-25-11-9-24/h1-7,12H,8-11H2,(H,21,22,23). The van der Waals surface area contributed by atoms with Crippen LogP contribution in [0.3, 0.4) is 0 Å². The lowest BCUT2D eigenvalue weighted by Gasteiger charge is -2.30. The molecule has 0 radical (unpaired) electrons. The van der Waals surface area contributed by atoms with E-state index >= 15 is 0 Å². The highest BCUT2D eigenvalue weighted by Crippen LogP contribution is 2.33. The Labute approximate surface area is 145 Å². The molecule has 1 N–H and O–H groups in total. The number of aromatic nitrogens is 3. The normalized spacial score (nSPS) is 14.3. The van der Waals surface area contributed by atoms with E-state index in [1.807, 2.05) is 18.2 Å². The number of anilines is 1. The number of rotatable bonds is 3. The second-order valence-electron chi connectivity index (χ2n) is 5.83. The van der Waals surface area contributed by atoms with Gasteiger partial charge in [-0.2, -0.15) is 15.6 Å². The second-order valence-corrected chi connectivity index (χ2v) is 5.83. The summed E-state index contributed by atoms with van der Waals surface area (Å²) < 4.78 is 5.47. The molecule has 1 fully saturated rings. The van der Waals surface area contributed by atoms with Gasteiger partial charge in [-0.05, 0) is 17.7 Å². The van der Waals surface area contributed by atoms with Crippen molar-refractivity contribution < 1.29 is 4.74 Å². The molecule has 124 valence electrons. The highest BCUT2D eigenvalue weighted by atomic mass is 16.5. The Bertz CT molecular complexity index is 921. The van der Waals surface area contributed by atoms with Crippen LogP contribution in [0.2, 0.25) is 0 Å². The third-order valence-corrected chi connectivity index (χ3v) is 4.36. The van der Waals surface area contributed by atoms with E-state index in [1.165, 1.54) is 5.69 Å². The first-order valence-electron chi connectivity index (χ1n) is 8.20. The molecule has 6 nitrogen and oxygen atoms in total. The van der Waals surface area contributed by atoms with Gasteiger partial charge in [-0.1, -0.05) is 36.4 Å². The molecule has 1 aliphatic rings. The van der Waals surface area contributed by atoms with E-state index in [4.69, 9.17) is 4.74 Å². The monoisotopic (exact) mass is 331 g/mol. The third-order valence-electron chi connectivity index (χ3n) is 4.36. The van der Waals surface area contributed by atoms with E-state index in [2.05, 4.69) is 56.7 Å². The highest BCUT2D eigenvalue weighted by Gasteiger charge is 2.16. The van der Waals surface area contributed by atoms with E-state index in [1.54, 1.807) is 0 Å². The molecule has 1 saturated heterocycles. The number of benzene rings is 2. The summed E-state index contributed by atoms with van der Waals surface area (Å²) in [5.41, 5.74) is 5.20. The highest BCUT2D eigenvalue weighted by molar-refractivity contribution is 5.81. The van der Waals surface area contributed by atoms with Crippen LogP contribution in [0.5, 0.6) is 0 Å². The number of aromatic amines is 1. The molecule has 0 atom stereocenters. The summed E-state index contributed by atoms with van der Waals surface area (Å²) in [5, 5.41) is 19.7. The lowest BCUT2D eigenvalue weighted by atomic mass is 9.99. The molecular formula is C19H17N5O. The molecule has 0 spiro atoms. The first-order valence-corrected chi connectivity index (χ1v) is 8.20. The SMILES string of the molecule is N#Cc1n[nH]nc1-c1cccc(-c2ccccc2N2CCOCC2)c1. The average Bonchev–Trinajstić information content (AvgIpc) is 3.18. The fourth-order valence-electron chi connectivity index (χ4n) is 3.14. The summed E-state index contributed by atoms with van der Waals surface area (Å²) in [6, 6.07) is 18.5. The van der Waals surface area contributed by atoms with Crippen molar-refractivity contribution in [1.29, 1.82) is 5.26 Å². The number of nitriles is 1. The molecular weight excluding hydrogens is 314 g/mol. The van der Waals surface area contributed by atoms with Crippen molar-refractivity contribution in [3.63, 3.8) is 0 Å². The summed E-state index contributed by atoms with van der Waals surface area (Å²) in [7, 11) is 0. The number of nitrogens with zero attached hydrogens (tertiary/aromatic N) is 4. The van der Waals surface area contributed by atoms with Gasteiger partial charge in [-0.25, -0.2) is 0 Å². The van der Waals surface area contributed by atoms with Gasteiger partial charge in [0.05, 0.1) is 13.2 Å². The molecule has 2 aromatic carbocycles. The van der Waals surface area contributed by atoms with Crippen molar-refractivity contribution >= 4 is 5.69 Å². The number of hydrogen-bond donors (Lipinski definition) is 1. The maximum Gasteiger partial charge on any atom is 0.190 e. The van der Waals surface area contributed by atoms with Gasteiger partial charge in [0, 0.05) is 29.9 Å².